The summed E-state index contributed by atoms with van der Waals surface area (Å²) in [6, 6.07) is 0. The summed E-state index contributed by atoms with van der Waals surface area (Å²) in [5, 5.41) is 0. The summed E-state index contributed by atoms with van der Waals surface area (Å²) in [5.41, 5.74) is 5.46. The third-order valence-corrected chi connectivity index (χ3v) is 4.12. The van der Waals surface area contributed by atoms with Crippen LogP contribution in [0.3, 0.4) is 0 Å². The zero-order chi connectivity index (χ0) is 13.2. The van der Waals surface area contributed by atoms with Gasteiger partial charge in [-0.2, -0.15) is 0 Å². The summed E-state index contributed by atoms with van der Waals surface area (Å²) >= 11 is 0. The normalized spacial score (nSPS) is 20.8. The third-order valence-electron chi connectivity index (χ3n) is 4.12. The van der Waals surface area contributed by atoms with Crippen molar-refractivity contribution in [1.29, 1.82) is 0 Å². The van der Waals surface area contributed by atoms with Gasteiger partial charge >= 0.3 is 0 Å². The maximum absolute atomic E-state index is 12.1. The molecule has 0 aromatic heterocycles. The first kappa shape index (κ1) is 15.5. The molecular weight excluding hydrogens is 224 g/mol. The van der Waals surface area contributed by atoms with Gasteiger partial charge in [-0.3, -0.25) is 4.79 Å². The molecule has 3 heteroatoms. The molecule has 0 aromatic carbocycles. The van der Waals surface area contributed by atoms with Crippen LogP contribution in [0.25, 0.3) is 0 Å². The fourth-order valence-corrected chi connectivity index (χ4v) is 2.76. The summed E-state index contributed by atoms with van der Waals surface area (Å²) < 4.78 is 0. The SMILES string of the molecule is CCC1CCCN(C(=O)CCCCCCN)CC1. The number of likely N-dealkylation sites (tertiary alicyclic amines) is 1. The number of carbonyl (C=O) groups is 1. The fourth-order valence-electron chi connectivity index (χ4n) is 2.76. The fraction of sp³-hybridized carbons (Fsp3) is 0.933. The lowest BCUT2D eigenvalue weighted by atomic mass is 9.98. The topological polar surface area (TPSA) is 46.3 Å². The average molecular weight is 254 g/mol. The minimum Gasteiger partial charge on any atom is -0.343 e. The molecular formula is C15H30N2O. The van der Waals surface area contributed by atoms with E-state index in [2.05, 4.69) is 11.8 Å². The highest BCUT2D eigenvalue weighted by Crippen LogP contribution is 2.20. The van der Waals surface area contributed by atoms with Crippen LogP contribution >= 0.6 is 0 Å². The third kappa shape index (κ3) is 5.85. The van der Waals surface area contributed by atoms with Crippen LogP contribution in [-0.4, -0.2) is 30.4 Å². The molecule has 0 saturated carbocycles. The molecule has 0 spiro atoms. The Morgan fingerprint density at radius 3 is 2.67 bits per heavy atom. The van der Waals surface area contributed by atoms with Crippen LogP contribution in [0.1, 0.15) is 64.7 Å². The van der Waals surface area contributed by atoms with Crippen molar-refractivity contribution >= 4 is 5.91 Å². The Hall–Kier alpha value is -0.570. The number of nitrogens with zero attached hydrogens (tertiary/aromatic N) is 1. The van der Waals surface area contributed by atoms with Gasteiger partial charge in [-0.15, -0.1) is 0 Å². The zero-order valence-corrected chi connectivity index (χ0v) is 12.0. The van der Waals surface area contributed by atoms with E-state index in [1.165, 1.54) is 32.1 Å². The van der Waals surface area contributed by atoms with Crippen molar-refractivity contribution < 1.29 is 4.79 Å². The molecule has 1 aliphatic heterocycles. The monoisotopic (exact) mass is 254 g/mol. The predicted molar refractivity (Wildman–Crippen MR) is 76.4 cm³/mol. The van der Waals surface area contributed by atoms with Crippen LogP contribution in [0, 0.1) is 5.92 Å². The maximum Gasteiger partial charge on any atom is 0.222 e. The molecule has 1 fully saturated rings. The van der Waals surface area contributed by atoms with Crippen molar-refractivity contribution in [3.63, 3.8) is 0 Å². The molecule has 1 rings (SSSR count). The van der Waals surface area contributed by atoms with Gasteiger partial charge in [0.2, 0.25) is 5.91 Å². The van der Waals surface area contributed by atoms with Crippen molar-refractivity contribution in [2.75, 3.05) is 19.6 Å². The van der Waals surface area contributed by atoms with Crippen LogP contribution in [-0.2, 0) is 4.79 Å². The molecule has 0 aromatic rings. The first-order valence-electron chi connectivity index (χ1n) is 7.75. The smallest absolute Gasteiger partial charge is 0.222 e. The van der Waals surface area contributed by atoms with Gasteiger partial charge < -0.3 is 10.6 Å². The lowest BCUT2D eigenvalue weighted by molar-refractivity contribution is -0.131. The van der Waals surface area contributed by atoms with Gasteiger partial charge in [0.1, 0.15) is 0 Å². The first-order chi connectivity index (χ1) is 8.77. The van der Waals surface area contributed by atoms with E-state index in [-0.39, 0.29) is 0 Å². The molecule has 2 N–H and O–H groups in total. The standard InChI is InChI=1S/C15H30N2O/c1-2-14-8-7-12-17(13-10-14)15(18)9-5-3-4-6-11-16/h14H,2-13,16H2,1H3. The van der Waals surface area contributed by atoms with Crippen molar-refractivity contribution in [2.45, 2.75) is 64.7 Å². The highest BCUT2D eigenvalue weighted by atomic mass is 16.2. The van der Waals surface area contributed by atoms with E-state index in [1.807, 2.05) is 0 Å². The summed E-state index contributed by atoms with van der Waals surface area (Å²) in [7, 11) is 0. The number of hydrogen-bond acceptors (Lipinski definition) is 2. The number of amides is 1. The minimum absolute atomic E-state index is 0.375. The number of carbonyl (C=O) groups excluding carboxylic acids is 1. The first-order valence-corrected chi connectivity index (χ1v) is 7.75. The van der Waals surface area contributed by atoms with Crippen LogP contribution in [0.2, 0.25) is 0 Å². The molecule has 106 valence electrons. The van der Waals surface area contributed by atoms with Gasteiger partial charge in [0, 0.05) is 19.5 Å². The van der Waals surface area contributed by atoms with Gasteiger partial charge in [-0.05, 0) is 44.6 Å². The largest absolute Gasteiger partial charge is 0.343 e. The molecule has 0 bridgehead atoms. The molecule has 0 radical (unpaired) electrons. The van der Waals surface area contributed by atoms with Gasteiger partial charge in [-0.1, -0.05) is 26.2 Å². The van der Waals surface area contributed by atoms with E-state index < -0.39 is 0 Å². The number of unbranched alkanes of at least 4 members (excludes halogenated alkanes) is 3. The summed E-state index contributed by atoms with van der Waals surface area (Å²) in [4.78, 5) is 14.2. The Morgan fingerprint density at radius 1 is 1.17 bits per heavy atom. The molecule has 0 aliphatic carbocycles. The molecule has 1 atom stereocenters. The molecule has 1 amide bonds. The maximum atomic E-state index is 12.1. The predicted octanol–water partition coefficient (Wildman–Crippen LogP) is 2.93. The van der Waals surface area contributed by atoms with Crippen LogP contribution in [0.15, 0.2) is 0 Å². The average Bonchev–Trinajstić information content (AvgIpc) is 2.63. The summed E-state index contributed by atoms with van der Waals surface area (Å²) in [6.45, 7) is 5.01. The molecule has 1 aliphatic rings. The van der Waals surface area contributed by atoms with Crippen molar-refractivity contribution in [2.24, 2.45) is 11.7 Å². The van der Waals surface area contributed by atoms with Crippen LogP contribution < -0.4 is 5.73 Å². The zero-order valence-electron chi connectivity index (χ0n) is 12.0. The van der Waals surface area contributed by atoms with Crippen molar-refractivity contribution in [3.05, 3.63) is 0 Å². The van der Waals surface area contributed by atoms with Gasteiger partial charge in [0.15, 0.2) is 0 Å². The number of nitrogens with two attached hydrogens (primary N) is 1. The highest BCUT2D eigenvalue weighted by Gasteiger charge is 2.18. The molecule has 18 heavy (non-hydrogen) atoms. The Morgan fingerprint density at radius 2 is 1.94 bits per heavy atom. The highest BCUT2D eigenvalue weighted by molar-refractivity contribution is 5.76. The van der Waals surface area contributed by atoms with Gasteiger partial charge in [0.25, 0.3) is 0 Å². The number of rotatable bonds is 7. The number of hydrogen-bond donors (Lipinski definition) is 1. The minimum atomic E-state index is 0.375. The summed E-state index contributed by atoms with van der Waals surface area (Å²) in [5.74, 6) is 1.21. The Balaban J connectivity index is 2.16. The molecule has 1 unspecified atom stereocenters. The van der Waals surface area contributed by atoms with Crippen LogP contribution in [0.4, 0.5) is 0 Å². The van der Waals surface area contributed by atoms with E-state index in [0.717, 1.165) is 51.2 Å². The second kappa shape index (κ2) is 9.37. The van der Waals surface area contributed by atoms with Crippen molar-refractivity contribution in [1.82, 2.24) is 4.90 Å². The van der Waals surface area contributed by atoms with E-state index in [0.29, 0.717) is 5.91 Å². The molecule has 3 nitrogen and oxygen atoms in total. The van der Waals surface area contributed by atoms with Gasteiger partial charge in [-0.25, -0.2) is 0 Å². The van der Waals surface area contributed by atoms with E-state index in [4.69, 9.17) is 5.73 Å². The van der Waals surface area contributed by atoms with Crippen LogP contribution in [0.5, 0.6) is 0 Å². The van der Waals surface area contributed by atoms with E-state index in [9.17, 15) is 4.79 Å². The Bertz CT molecular complexity index is 231. The quantitative estimate of drug-likeness (QED) is 0.710. The van der Waals surface area contributed by atoms with Crippen molar-refractivity contribution in [3.8, 4) is 0 Å². The second-order valence-electron chi connectivity index (χ2n) is 5.54. The van der Waals surface area contributed by atoms with E-state index >= 15 is 0 Å². The lowest BCUT2D eigenvalue weighted by Gasteiger charge is -2.20. The lowest BCUT2D eigenvalue weighted by Crippen LogP contribution is -2.31. The van der Waals surface area contributed by atoms with Gasteiger partial charge in [0.05, 0.1) is 0 Å². The Kier molecular flexibility index (Phi) is 8.06. The molecule has 1 saturated heterocycles. The molecule has 1 heterocycles. The summed E-state index contributed by atoms with van der Waals surface area (Å²) in [6.07, 6.45) is 10.1. The second-order valence-corrected chi connectivity index (χ2v) is 5.54. The van der Waals surface area contributed by atoms with E-state index in [1.54, 1.807) is 0 Å². The Labute approximate surface area is 112 Å².